The summed E-state index contributed by atoms with van der Waals surface area (Å²) in [7, 11) is 0. The molecule has 0 amide bonds. The highest BCUT2D eigenvalue weighted by Crippen LogP contribution is 2.48. The van der Waals surface area contributed by atoms with Crippen molar-refractivity contribution in [3.8, 4) is 22.5 Å². The molecule has 0 saturated heterocycles. The van der Waals surface area contributed by atoms with Crippen LogP contribution in [-0.2, 0) is 0 Å². The summed E-state index contributed by atoms with van der Waals surface area (Å²) >= 11 is 1.86. The molecule has 0 atom stereocenters. The lowest BCUT2D eigenvalue weighted by Gasteiger charge is -2.27. The van der Waals surface area contributed by atoms with Gasteiger partial charge in [-0.25, -0.2) is 0 Å². The molecule has 3 heterocycles. The highest BCUT2D eigenvalue weighted by molar-refractivity contribution is 7.26. The van der Waals surface area contributed by atoms with Gasteiger partial charge in [0.1, 0.15) is 0 Å². The lowest BCUT2D eigenvalue weighted by Crippen LogP contribution is -2.11. The third kappa shape index (κ3) is 5.24. The summed E-state index contributed by atoms with van der Waals surface area (Å²) < 4.78 is 7.41. The fourth-order valence-corrected chi connectivity index (χ4v) is 11.1. The topological polar surface area (TPSA) is 13.1 Å². The second-order valence-electron chi connectivity index (χ2n) is 16.1. The molecule has 3 aromatic heterocycles. The third-order valence-electron chi connectivity index (χ3n) is 12.7. The minimum absolute atomic E-state index is 1.11. The molecule has 0 radical (unpaired) electrons. The molecule has 0 saturated carbocycles. The van der Waals surface area contributed by atoms with Crippen LogP contribution in [0.4, 0.5) is 17.1 Å². The van der Waals surface area contributed by atoms with Gasteiger partial charge in [-0.3, -0.25) is 0 Å². The quantitative estimate of drug-likeness (QED) is 0.163. The van der Waals surface area contributed by atoms with Gasteiger partial charge in [-0.05, 0) is 95.4 Å². The van der Waals surface area contributed by atoms with Crippen molar-refractivity contribution in [2.45, 2.75) is 0 Å². The van der Waals surface area contributed by atoms with Gasteiger partial charge in [-0.1, -0.05) is 146 Å². The summed E-state index contributed by atoms with van der Waals surface area (Å²) in [4.78, 5) is 2.49. The van der Waals surface area contributed by atoms with E-state index in [1.165, 1.54) is 91.4 Å². The molecule has 0 fully saturated rings. The van der Waals surface area contributed by atoms with Crippen molar-refractivity contribution in [3.05, 3.63) is 224 Å². The zero-order valence-corrected chi connectivity index (χ0v) is 34.4. The predicted octanol–water partition coefficient (Wildman–Crippen LogP) is 16.5. The molecule has 0 bridgehead atoms. The molecule has 0 unspecified atom stereocenters. The Morgan fingerprint density at radius 2 is 0.887 bits per heavy atom. The Labute approximate surface area is 362 Å². The van der Waals surface area contributed by atoms with E-state index in [1.807, 2.05) is 11.3 Å². The van der Waals surface area contributed by atoms with E-state index in [1.54, 1.807) is 0 Å². The van der Waals surface area contributed by atoms with Crippen LogP contribution in [0.25, 0.3) is 97.1 Å². The normalized spacial score (nSPS) is 11.9. The molecule has 0 spiro atoms. The molecule has 4 heteroatoms. The van der Waals surface area contributed by atoms with E-state index >= 15 is 0 Å². The lowest BCUT2D eigenvalue weighted by atomic mass is 10.0. The lowest BCUT2D eigenvalue weighted by molar-refractivity contribution is 1.18. The Balaban J connectivity index is 0.978. The first kappa shape index (κ1) is 34.9. The molecular weight excluding hydrogens is 771 g/mol. The van der Waals surface area contributed by atoms with Crippen molar-refractivity contribution in [2.75, 3.05) is 4.90 Å². The molecule has 10 aromatic carbocycles. The zero-order valence-electron chi connectivity index (χ0n) is 33.6. The number of para-hydroxylation sites is 3. The Hall–Kier alpha value is -7.92. The Bertz CT molecular complexity index is 3850. The number of anilines is 3. The van der Waals surface area contributed by atoms with Crippen LogP contribution < -0.4 is 4.90 Å². The molecule has 0 aliphatic rings. The van der Waals surface area contributed by atoms with Crippen molar-refractivity contribution >= 4 is 103 Å². The fraction of sp³-hybridized carbons (Fsp3) is 0. The molecule has 3 nitrogen and oxygen atoms in total. The second-order valence-corrected chi connectivity index (χ2v) is 17.2. The van der Waals surface area contributed by atoms with Gasteiger partial charge in [0.2, 0.25) is 0 Å². The van der Waals surface area contributed by atoms with Gasteiger partial charge in [-0.2, -0.15) is 0 Å². The van der Waals surface area contributed by atoms with Crippen LogP contribution in [0.5, 0.6) is 0 Å². The Morgan fingerprint density at radius 3 is 1.68 bits per heavy atom. The van der Waals surface area contributed by atoms with Crippen molar-refractivity contribution < 1.29 is 0 Å². The van der Waals surface area contributed by atoms with E-state index in [2.05, 4.69) is 238 Å². The van der Waals surface area contributed by atoms with Crippen molar-refractivity contribution in [2.24, 2.45) is 0 Å². The summed E-state index contributed by atoms with van der Waals surface area (Å²) in [6, 6.07) is 82.1. The Kier molecular flexibility index (Phi) is 7.78. The third-order valence-corrected chi connectivity index (χ3v) is 13.8. The average Bonchev–Trinajstić information content (AvgIpc) is 4.01. The van der Waals surface area contributed by atoms with Gasteiger partial charge in [0, 0.05) is 64.2 Å². The number of thiophene rings is 1. The number of aromatic nitrogens is 2. The van der Waals surface area contributed by atoms with Gasteiger partial charge in [0.15, 0.2) is 0 Å². The van der Waals surface area contributed by atoms with Crippen LogP contribution in [0, 0.1) is 0 Å². The number of hydrogen-bond acceptors (Lipinski definition) is 2. The number of fused-ring (bicyclic) bond motifs is 11. The number of rotatable bonds is 6. The van der Waals surface area contributed by atoms with E-state index in [0.29, 0.717) is 0 Å². The maximum Gasteiger partial charge on any atom is 0.0619 e. The molecule has 0 aliphatic heterocycles. The van der Waals surface area contributed by atoms with Crippen molar-refractivity contribution in [1.82, 2.24) is 9.13 Å². The van der Waals surface area contributed by atoms with Gasteiger partial charge in [0.05, 0.1) is 33.4 Å². The van der Waals surface area contributed by atoms with Crippen molar-refractivity contribution in [3.63, 3.8) is 0 Å². The minimum Gasteiger partial charge on any atom is -0.309 e. The summed E-state index contributed by atoms with van der Waals surface area (Å²) in [5.41, 5.74) is 12.9. The molecule has 0 N–H and O–H groups in total. The molecule has 290 valence electrons. The van der Waals surface area contributed by atoms with Crippen LogP contribution in [0.3, 0.4) is 0 Å². The summed E-state index contributed by atoms with van der Waals surface area (Å²) in [5, 5.41) is 10.0. The summed E-state index contributed by atoms with van der Waals surface area (Å²) in [6.45, 7) is 0. The van der Waals surface area contributed by atoms with Gasteiger partial charge >= 0.3 is 0 Å². The summed E-state index contributed by atoms with van der Waals surface area (Å²) in [6.07, 6.45) is 0. The van der Waals surface area contributed by atoms with E-state index in [0.717, 1.165) is 22.7 Å². The number of benzene rings is 10. The zero-order chi connectivity index (χ0) is 40.7. The van der Waals surface area contributed by atoms with Crippen LogP contribution in [-0.4, -0.2) is 9.13 Å². The SMILES string of the molecule is c1ccc(-n2c3ccccc3c3c(N(c4ccc(-c5ccc(-n6c7ccccc7c7ccc8ccccc8c76)cc5)cc4)c4cccc5sc6ccccc6c45)cccc32)cc1. The van der Waals surface area contributed by atoms with E-state index in [4.69, 9.17) is 0 Å². The van der Waals surface area contributed by atoms with Crippen LogP contribution in [0.2, 0.25) is 0 Å². The molecule has 13 aromatic rings. The van der Waals surface area contributed by atoms with Gasteiger partial charge < -0.3 is 14.0 Å². The number of nitrogens with zero attached hydrogens (tertiary/aromatic N) is 3. The average molecular weight is 808 g/mol. The van der Waals surface area contributed by atoms with Gasteiger partial charge in [-0.15, -0.1) is 11.3 Å². The Morgan fingerprint density at radius 1 is 0.323 bits per heavy atom. The molecule has 62 heavy (non-hydrogen) atoms. The van der Waals surface area contributed by atoms with Crippen LogP contribution in [0.15, 0.2) is 224 Å². The van der Waals surface area contributed by atoms with E-state index in [-0.39, 0.29) is 0 Å². The molecule has 0 aliphatic carbocycles. The van der Waals surface area contributed by atoms with E-state index in [9.17, 15) is 0 Å². The van der Waals surface area contributed by atoms with Crippen LogP contribution in [0.1, 0.15) is 0 Å². The van der Waals surface area contributed by atoms with E-state index < -0.39 is 0 Å². The largest absolute Gasteiger partial charge is 0.309 e. The standard InChI is InChI=1S/C58H37N3S/c1-2-15-41(16-3-1)59-50-22-10-7-19-47(50)56-51(59)23-12-24-52(56)60(53-25-13-27-55-57(53)48-20-8-11-26-54(48)62-55)42-33-28-38(29-34-42)39-30-35-43(36-31-39)61-49-21-9-6-18-45(49)46-37-32-40-14-4-5-17-44(40)58(46)61/h1-37H. The highest BCUT2D eigenvalue weighted by atomic mass is 32.1. The molecule has 13 rings (SSSR count). The minimum atomic E-state index is 1.11. The monoisotopic (exact) mass is 807 g/mol. The fourth-order valence-electron chi connectivity index (χ4n) is 10.00. The highest BCUT2D eigenvalue weighted by Gasteiger charge is 2.24. The first-order valence-electron chi connectivity index (χ1n) is 21.2. The summed E-state index contributed by atoms with van der Waals surface area (Å²) in [5.74, 6) is 0. The first-order valence-corrected chi connectivity index (χ1v) is 22.0. The van der Waals surface area contributed by atoms with Gasteiger partial charge in [0.25, 0.3) is 0 Å². The van der Waals surface area contributed by atoms with Crippen LogP contribution >= 0.6 is 11.3 Å². The maximum atomic E-state index is 2.49. The smallest absolute Gasteiger partial charge is 0.0619 e. The van der Waals surface area contributed by atoms with Crippen molar-refractivity contribution in [1.29, 1.82) is 0 Å². The molecular formula is C58H37N3S. The first-order chi connectivity index (χ1) is 30.8. The maximum absolute atomic E-state index is 2.49. The number of hydrogen-bond donors (Lipinski definition) is 0. The predicted molar refractivity (Wildman–Crippen MR) is 266 cm³/mol. The second kappa shape index (κ2) is 13.8.